The highest BCUT2D eigenvalue weighted by Gasteiger charge is 2.43. The number of piperidine rings is 1. The van der Waals surface area contributed by atoms with Crippen molar-refractivity contribution in [1.29, 1.82) is 0 Å². The molecule has 0 saturated carbocycles. The van der Waals surface area contributed by atoms with E-state index in [-0.39, 0.29) is 5.60 Å². The molecule has 0 aliphatic carbocycles. The Morgan fingerprint density at radius 1 is 1.38 bits per heavy atom. The number of likely N-dealkylation sites (tertiary alicyclic amines) is 1. The predicted molar refractivity (Wildman–Crippen MR) is 84.9 cm³/mol. The van der Waals surface area contributed by atoms with Crippen molar-refractivity contribution >= 4 is 17.7 Å². The Morgan fingerprint density at radius 3 is 3.05 bits per heavy atom. The molecule has 0 bridgehead atoms. The average Bonchev–Trinajstić information content (AvgIpc) is 2.93. The van der Waals surface area contributed by atoms with Gasteiger partial charge >= 0.3 is 5.97 Å². The summed E-state index contributed by atoms with van der Waals surface area (Å²) < 4.78 is 6.14. The second kappa shape index (κ2) is 6.88. The summed E-state index contributed by atoms with van der Waals surface area (Å²) >= 11 is 2.02. The number of nitrogens with zero attached hydrogens (tertiary/aromatic N) is 1. The van der Waals surface area contributed by atoms with Crippen molar-refractivity contribution < 1.29 is 14.6 Å². The molecule has 0 radical (unpaired) electrons. The summed E-state index contributed by atoms with van der Waals surface area (Å²) in [6.07, 6.45) is 8.29. The van der Waals surface area contributed by atoms with Crippen LogP contribution in [-0.4, -0.2) is 58.3 Å². The lowest BCUT2D eigenvalue weighted by molar-refractivity contribution is -0.138. The van der Waals surface area contributed by atoms with E-state index >= 15 is 0 Å². The summed E-state index contributed by atoms with van der Waals surface area (Å²) in [6.45, 7) is 2.03. The molecule has 3 fully saturated rings. The SMILES string of the molecule is O=C(O)CCC1CCCCN1C1CCOC2(CCSC2)C1. The number of hydrogen-bond acceptors (Lipinski definition) is 4. The molecule has 3 unspecified atom stereocenters. The van der Waals surface area contributed by atoms with E-state index in [2.05, 4.69) is 4.90 Å². The molecule has 3 saturated heterocycles. The minimum atomic E-state index is -0.656. The van der Waals surface area contributed by atoms with Crippen LogP contribution in [-0.2, 0) is 9.53 Å². The number of rotatable bonds is 4. The van der Waals surface area contributed by atoms with Crippen molar-refractivity contribution in [3.05, 3.63) is 0 Å². The largest absolute Gasteiger partial charge is 0.481 e. The minimum Gasteiger partial charge on any atom is -0.481 e. The fourth-order valence-corrected chi connectivity index (χ4v) is 5.63. The smallest absolute Gasteiger partial charge is 0.303 e. The van der Waals surface area contributed by atoms with Crippen molar-refractivity contribution in [1.82, 2.24) is 4.90 Å². The number of carbonyl (C=O) groups is 1. The van der Waals surface area contributed by atoms with Crippen LogP contribution in [0, 0.1) is 0 Å². The lowest BCUT2D eigenvalue weighted by Gasteiger charge is -2.47. The molecule has 0 aromatic carbocycles. The maximum absolute atomic E-state index is 10.9. The first kappa shape index (κ1) is 15.6. The molecule has 0 aromatic rings. The summed E-state index contributed by atoms with van der Waals surface area (Å²) in [5.74, 6) is 1.72. The third-order valence-electron chi connectivity index (χ3n) is 5.37. The standard InChI is InChI=1S/C16H27NO3S/c18-15(19)5-4-13-3-1-2-8-17(13)14-6-9-20-16(11-14)7-10-21-12-16/h13-14H,1-12H2,(H,18,19). The number of ether oxygens (including phenoxy) is 1. The zero-order valence-corrected chi connectivity index (χ0v) is 13.6. The van der Waals surface area contributed by atoms with E-state index in [1.165, 1.54) is 31.4 Å². The van der Waals surface area contributed by atoms with Crippen molar-refractivity contribution in [2.45, 2.75) is 69.1 Å². The first-order valence-electron chi connectivity index (χ1n) is 8.38. The molecule has 1 spiro atoms. The van der Waals surface area contributed by atoms with E-state index in [0.29, 0.717) is 18.5 Å². The van der Waals surface area contributed by atoms with Gasteiger partial charge in [-0.05, 0) is 50.8 Å². The molecule has 4 nitrogen and oxygen atoms in total. The average molecular weight is 313 g/mol. The zero-order valence-electron chi connectivity index (χ0n) is 12.8. The lowest BCUT2D eigenvalue weighted by atomic mass is 9.86. The molecule has 5 heteroatoms. The van der Waals surface area contributed by atoms with Gasteiger partial charge in [-0.1, -0.05) is 6.42 Å². The van der Waals surface area contributed by atoms with Crippen LogP contribution in [0.1, 0.15) is 51.4 Å². The molecular formula is C16H27NO3S. The van der Waals surface area contributed by atoms with Gasteiger partial charge in [0.25, 0.3) is 0 Å². The quantitative estimate of drug-likeness (QED) is 0.865. The van der Waals surface area contributed by atoms with Crippen molar-refractivity contribution in [2.24, 2.45) is 0 Å². The maximum atomic E-state index is 10.9. The molecule has 3 heterocycles. The molecule has 3 aliphatic heterocycles. The van der Waals surface area contributed by atoms with Gasteiger partial charge in [-0.2, -0.15) is 11.8 Å². The summed E-state index contributed by atoms with van der Waals surface area (Å²) in [4.78, 5) is 13.5. The van der Waals surface area contributed by atoms with Gasteiger partial charge in [0.15, 0.2) is 0 Å². The molecule has 0 amide bonds. The summed E-state index contributed by atoms with van der Waals surface area (Å²) in [5, 5.41) is 8.97. The molecule has 3 atom stereocenters. The minimum absolute atomic E-state index is 0.127. The molecule has 3 rings (SSSR count). The molecule has 1 N–H and O–H groups in total. The van der Waals surface area contributed by atoms with Crippen LogP contribution in [0.25, 0.3) is 0 Å². The van der Waals surface area contributed by atoms with E-state index in [1.807, 2.05) is 11.8 Å². The Morgan fingerprint density at radius 2 is 2.29 bits per heavy atom. The van der Waals surface area contributed by atoms with Gasteiger partial charge in [-0.15, -0.1) is 0 Å². The second-order valence-corrected chi connectivity index (χ2v) is 7.91. The Bertz CT molecular complexity index is 371. The van der Waals surface area contributed by atoms with Gasteiger partial charge in [0, 0.05) is 30.9 Å². The summed E-state index contributed by atoms with van der Waals surface area (Å²) in [6, 6.07) is 1.08. The highest BCUT2D eigenvalue weighted by Crippen LogP contribution is 2.40. The normalized spacial score (nSPS) is 37.9. The van der Waals surface area contributed by atoms with Gasteiger partial charge in [0.1, 0.15) is 0 Å². The molecule has 3 aliphatic rings. The lowest BCUT2D eigenvalue weighted by Crippen LogP contribution is -2.53. The Labute approximate surface area is 131 Å². The van der Waals surface area contributed by atoms with Crippen LogP contribution in [0.2, 0.25) is 0 Å². The highest BCUT2D eigenvalue weighted by molar-refractivity contribution is 7.99. The Kier molecular flexibility index (Phi) is 5.12. The van der Waals surface area contributed by atoms with Crippen LogP contribution < -0.4 is 0 Å². The third-order valence-corrected chi connectivity index (χ3v) is 6.59. The molecule has 21 heavy (non-hydrogen) atoms. The highest BCUT2D eigenvalue weighted by atomic mass is 32.2. The summed E-state index contributed by atoms with van der Waals surface area (Å²) in [7, 11) is 0. The van der Waals surface area contributed by atoms with E-state index < -0.39 is 5.97 Å². The van der Waals surface area contributed by atoms with Gasteiger partial charge in [-0.3, -0.25) is 9.69 Å². The molecule has 120 valence electrons. The Balaban J connectivity index is 1.63. The van der Waals surface area contributed by atoms with Crippen LogP contribution in [0.5, 0.6) is 0 Å². The van der Waals surface area contributed by atoms with Crippen LogP contribution >= 0.6 is 11.8 Å². The van der Waals surface area contributed by atoms with Gasteiger partial charge in [-0.25, -0.2) is 0 Å². The van der Waals surface area contributed by atoms with Crippen molar-refractivity contribution in [2.75, 3.05) is 24.7 Å². The van der Waals surface area contributed by atoms with E-state index in [1.54, 1.807) is 0 Å². The van der Waals surface area contributed by atoms with Crippen molar-refractivity contribution in [3.8, 4) is 0 Å². The topological polar surface area (TPSA) is 49.8 Å². The van der Waals surface area contributed by atoms with Crippen LogP contribution in [0.15, 0.2) is 0 Å². The number of carboxylic acid groups (broad SMARTS) is 1. The fourth-order valence-electron chi connectivity index (χ4n) is 4.25. The number of carboxylic acids is 1. The van der Waals surface area contributed by atoms with Crippen LogP contribution in [0.4, 0.5) is 0 Å². The number of hydrogen-bond donors (Lipinski definition) is 1. The first-order chi connectivity index (χ1) is 10.2. The number of aliphatic carboxylic acids is 1. The summed E-state index contributed by atoms with van der Waals surface area (Å²) in [5.41, 5.74) is 0.127. The van der Waals surface area contributed by atoms with Crippen LogP contribution in [0.3, 0.4) is 0 Å². The maximum Gasteiger partial charge on any atom is 0.303 e. The monoisotopic (exact) mass is 313 g/mol. The number of thioether (sulfide) groups is 1. The zero-order chi connectivity index (χ0) is 14.7. The van der Waals surface area contributed by atoms with Gasteiger partial charge in [0.2, 0.25) is 0 Å². The predicted octanol–water partition coefficient (Wildman–Crippen LogP) is 2.76. The van der Waals surface area contributed by atoms with E-state index in [0.717, 1.165) is 38.2 Å². The van der Waals surface area contributed by atoms with E-state index in [4.69, 9.17) is 9.84 Å². The second-order valence-electron chi connectivity index (χ2n) is 6.80. The van der Waals surface area contributed by atoms with Crippen molar-refractivity contribution in [3.63, 3.8) is 0 Å². The Hall–Kier alpha value is -0.260. The fraction of sp³-hybridized carbons (Fsp3) is 0.938. The third kappa shape index (κ3) is 3.74. The first-order valence-corrected chi connectivity index (χ1v) is 9.53. The molecular weight excluding hydrogens is 286 g/mol. The van der Waals surface area contributed by atoms with Gasteiger partial charge < -0.3 is 9.84 Å². The molecule has 0 aromatic heterocycles. The van der Waals surface area contributed by atoms with Gasteiger partial charge in [0.05, 0.1) is 5.60 Å². The van der Waals surface area contributed by atoms with E-state index in [9.17, 15) is 4.79 Å².